The summed E-state index contributed by atoms with van der Waals surface area (Å²) in [5.41, 5.74) is 15.5. The first-order chi connectivity index (χ1) is 9.08. The van der Waals surface area contributed by atoms with Crippen LogP contribution in [0, 0.1) is 0 Å². The van der Waals surface area contributed by atoms with E-state index in [0.29, 0.717) is 36.7 Å². The molecule has 6 nitrogen and oxygen atoms in total. The molecule has 0 saturated carbocycles. The van der Waals surface area contributed by atoms with Crippen LogP contribution in [-0.4, -0.2) is 41.1 Å². The van der Waals surface area contributed by atoms with Crippen LogP contribution in [-0.2, 0) is 0 Å². The average Bonchev–Trinajstić information content (AvgIpc) is 2.43. The first-order valence-corrected chi connectivity index (χ1v) is 6.15. The van der Waals surface area contributed by atoms with Gasteiger partial charge >= 0.3 is 5.84 Å². The molecule has 0 fully saturated rings. The summed E-state index contributed by atoms with van der Waals surface area (Å²) in [5, 5.41) is 2.80. The van der Waals surface area contributed by atoms with Crippen LogP contribution < -0.4 is 11.1 Å². The second kappa shape index (κ2) is 7.18. The van der Waals surface area contributed by atoms with Crippen molar-refractivity contribution in [2.24, 2.45) is 0 Å². The fraction of sp³-hybridized carbons (Fsp3) is 0.385. The van der Waals surface area contributed by atoms with Crippen molar-refractivity contribution in [1.29, 1.82) is 0 Å². The van der Waals surface area contributed by atoms with Crippen LogP contribution in [0.3, 0.4) is 0 Å². The van der Waals surface area contributed by atoms with Gasteiger partial charge in [0.05, 0.1) is 20.0 Å². The fourth-order valence-corrected chi connectivity index (χ4v) is 1.65. The van der Waals surface area contributed by atoms with Crippen LogP contribution in [0.4, 0.5) is 5.69 Å². The minimum Gasteiger partial charge on any atom is -0.498 e. The molecule has 0 aliphatic carbocycles. The third-order valence-electron chi connectivity index (χ3n) is 2.82. The van der Waals surface area contributed by atoms with Crippen molar-refractivity contribution in [2.75, 3.05) is 25.4 Å². The summed E-state index contributed by atoms with van der Waals surface area (Å²) in [6, 6.07) is 6.75. The third-order valence-corrected chi connectivity index (χ3v) is 2.82. The average molecular weight is 261 g/mol. The highest BCUT2D eigenvalue weighted by Gasteiger charge is 2.13. The van der Waals surface area contributed by atoms with Crippen molar-refractivity contribution in [1.82, 2.24) is 10.2 Å². The molecule has 0 spiro atoms. The van der Waals surface area contributed by atoms with E-state index in [2.05, 4.69) is 10.1 Å². The molecule has 0 aromatic heterocycles. The molecule has 0 radical (unpaired) electrons. The molecule has 0 unspecified atom stereocenters. The van der Waals surface area contributed by atoms with Gasteiger partial charge in [-0.15, -0.1) is 0 Å². The predicted molar refractivity (Wildman–Crippen MR) is 74.7 cm³/mol. The molecule has 0 saturated heterocycles. The smallest absolute Gasteiger partial charge is 0.325 e. The van der Waals surface area contributed by atoms with E-state index in [1.165, 1.54) is 0 Å². The topological polar surface area (TPSA) is 94.8 Å². The summed E-state index contributed by atoms with van der Waals surface area (Å²) in [4.78, 5) is 16.8. The molecular formula is C13H19N5O. The maximum Gasteiger partial charge on any atom is 0.325 e. The SMILES string of the molecule is CCN(CCNC(=O)c1ccc(N)cc1)C(C)=[N+]=[N-]. The lowest BCUT2D eigenvalue weighted by Crippen LogP contribution is -2.37. The Labute approximate surface area is 112 Å². The van der Waals surface area contributed by atoms with Crippen LogP contribution in [0.1, 0.15) is 24.2 Å². The number of anilines is 1. The number of nitrogens with two attached hydrogens (primary N) is 1. The van der Waals surface area contributed by atoms with Gasteiger partial charge in [-0.1, -0.05) is 0 Å². The number of nitrogens with zero attached hydrogens (tertiary/aromatic N) is 3. The number of benzene rings is 1. The van der Waals surface area contributed by atoms with E-state index in [0.717, 1.165) is 0 Å². The Kier molecular flexibility index (Phi) is 5.57. The largest absolute Gasteiger partial charge is 0.498 e. The lowest BCUT2D eigenvalue weighted by molar-refractivity contribution is -0.0240. The van der Waals surface area contributed by atoms with Gasteiger partial charge in [-0.3, -0.25) is 9.69 Å². The summed E-state index contributed by atoms with van der Waals surface area (Å²) in [7, 11) is 0. The Hall–Kier alpha value is -2.33. The molecule has 3 N–H and O–H groups in total. The zero-order valence-corrected chi connectivity index (χ0v) is 11.3. The lowest BCUT2D eigenvalue weighted by Gasteiger charge is -2.13. The molecule has 1 amide bonds. The Morgan fingerprint density at radius 2 is 2.05 bits per heavy atom. The number of likely N-dealkylation sites (N-methyl/N-ethyl adjacent to an activating group) is 1. The van der Waals surface area contributed by atoms with Crippen LogP contribution in [0.25, 0.3) is 5.53 Å². The van der Waals surface area contributed by atoms with Crippen molar-refractivity contribution in [2.45, 2.75) is 13.8 Å². The summed E-state index contributed by atoms with van der Waals surface area (Å²) < 4.78 is 0. The standard InChI is InChI=1S/C13H19N5O/c1-3-18(10(2)17-15)9-8-16-13(19)11-4-6-12(14)7-5-11/h4-7H,3,8-9,14H2,1-2H3,(H,16,19). The van der Waals surface area contributed by atoms with Crippen molar-refractivity contribution < 1.29 is 9.58 Å². The Morgan fingerprint density at radius 3 is 2.58 bits per heavy atom. The molecule has 1 aromatic carbocycles. The van der Waals surface area contributed by atoms with E-state index >= 15 is 0 Å². The Bertz CT molecular complexity index is 476. The Morgan fingerprint density at radius 1 is 1.42 bits per heavy atom. The molecule has 0 aliphatic heterocycles. The number of hydrogen-bond acceptors (Lipinski definition) is 2. The highest BCUT2D eigenvalue weighted by molar-refractivity contribution is 5.94. The minimum absolute atomic E-state index is 0.144. The highest BCUT2D eigenvalue weighted by atomic mass is 16.1. The normalized spacial score (nSPS) is 9.58. The first-order valence-electron chi connectivity index (χ1n) is 6.15. The van der Waals surface area contributed by atoms with Crippen LogP contribution in [0.5, 0.6) is 0 Å². The number of nitrogen functional groups attached to an aromatic ring is 1. The van der Waals surface area contributed by atoms with Gasteiger partial charge in [0, 0.05) is 11.3 Å². The monoisotopic (exact) mass is 261 g/mol. The summed E-state index contributed by atoms with van der Waals surface area (Å²) in [5.74, 6) is 0.388. The molecule has 6 heteroatoms. The van der Waals surface area contributed by atoms with Crippen LogP contribution in [0.2, 0.25) is 0 Å². The van der Waals surface area contributed by atoms with Gasteiger partial charge in [0.15, 0.2) is 0 Å². The summed E-state index contributed by atoms with van der Waals surface area (Å²) in [6.45, 7) is 5.45. The number of nitrogens with one attached hydrogen (secondary N) is 1. The van der Waals surface area contributed by atoms with Gasteiger partial charge in [0.2, 0.25) is 0 Å². The lowest BCUT2D eigenvalue weighted by atomic mass is 10.2. The number of amides is 1. The van der Waals surface area contributed by atoms with Gasteiger partial charge in [-0.2, -0.15) is 0 Å². The van der Waals surface area contributed by atoms with Crippen LogP contribution >= 0.6 is 0 Å². The van der Waals surface area contributed by atoms with Gasteiger partial charge in [-0.25, -0.2) is 0 Å². The number of rotatable bonds is 5. The fourth-order valence-electron chi connectivity index (χ4n) is 1.65. The van der Waals surface area contributed by atoms with E-state index in [1.807, 2.05) is 11.8 Å². The minimum atomic E-state index is -0.144. The van der Waals surface area contributed by atoms with Crippen molar-refractivity contribution in [3.8, 4) is 0 Å². The van der Waals surface area contributed by atoms with E-state index in [-0.39, 0.29) is 5.91 Å². The number of carbonyl (C=O) groups excluding carboxylic acids is 1. The quantitative estimate of drug-likeness (QED) is 0.272. The molecule has 1 rings (SSSR count). The second-order valence-electron chi connectivity index (χ2n) is 4.10. The number of amidine groups is 1. The van der Waals surface area contributed by atoms with Gasteiger partial charge in [-0.05, 0) is 31.2 Å². The molecule has 0 heterocycles. The van der Waals surface area contributed by atoms with E-state index in [9.17, 15) is 4.79 Å². The highest BCUT2D eigenvalue weighted by Crippen LogP contribution is 2.04. The van der Waals surface area contributed by atoms with Gasteiger partial charge < -0.3 is 21.4 Å². The maximum atomic E-state index is 11.8. The molecule has 0 aliphatic rings. The second-order valence-corrected chi connectivity index (χ2v) is 4.10. The summed E-state index contributed by atoms with van der Waals surface area (Å²) >= 11 is 0. The van der Waals surface area contributed by atoms with Crippen molar-refractivity contribution in [3.05, 3.63) is 35.4 Å². The zero-order chi connectivity index (χ0) is 14.3. The summed E-state index contributed by atoms with van der Waals surface area (Å²) in [6.07, 6.45) is 0. The van der Waals surface area contributed by atoms with Gasteiger partial charge in [0.25, 0.3) is 5.91 Å². The van der Waals surface area contributed by atoms with Crippen molar-refractivity contribution in [3.63, 3.8) is 0 Å². The molecule has 0 atom stereocenters. The van der Waals surface area contributed by atoms with Crippen LogP contribution in [0.15, 0.2) is 24.3 Å². The predicted octanol–water partition coefficient (Wildman–Crippen LogP) is 0.969. The van der Waals surface area contributed by atoms with E-state index in [4.69, 9.17) is 11.3 Å². The molecule has 1 aromatic rings. The van der Waals surface area contributed by atoms with Crippen molar-refractivity contribution >= 4 is 17.4 Å². The first kappa shape index (κ1) is 14.7. The Balaban J connectivity index is 2.46. The molecule has 102 valence electrons. The molecule has 19 heavy (non-hydrogen) atoms. The molecular weight excluding hydrogens is 242 g/mol. The maximum absolute atomic E-state index is 11.8. The number of carbonyl (C=O) groups is 1. The van der Waals surface area contributed by atoms with Gasteiger partial charge in [0.1, 0.15) is 6.54 Å². The number of hydrogen-bond donors (Lipinski definition) is 2. The van der Waals surface area contributed by atoms with E-state index in [1.54, 1.807) is 31.2 Å². The van der Waals surface area contributed by atoms with E-state index < -0.39 is 0 Å². The molecule has 0 bridgehead atoms. The third kappa shape index (κ3) is 4.44. The zero-order valence-electron chi connectivity index (χ0n) is 11.3.